The van der Waals surface area contributed by atoms with E-state index in [1.54, 1.807) is 38.5 Å². The van der Waals surface area contributed by atoms with Crippen LogP contribution >= 0.6 is 0 Å². The lowest BCUT2D eigenvalue weighted by atomic mass is 10.1. The molecule has 9 heteroatoms. The molecule has 0 unspecified atom stereocenters. The van der Waals surface area contributed by atoms with E-state index in [-0.39, 0.29) is 24.8 Å². The van der Waals surface area contributed by atoms with Crippen molar-refractivity contribution in [3.8, 4) is 0 Å². The Balaban J connectivity index is 1.43. The number of nitrogens with one attached hydrogen (secondary N) is 2. The summed E-state index contributed by atoms with van der Waals surface area (Å²) in [5.74, 6) is 0.799. The molecule has 0 saturated carbocycles. The van der Waals surface area contributed by atoms with Gasteiger partial charge < -0.3 is 25.3 Å². The van der Waals surface area contributed by atoms with Gasteiger partial charge in [0.05, 0.1) is 0 Å². The Morgan fingerprint density at radius 3 is 2.47 bits per heavy atom. The summed E-state index contributed by atoms with van der Waals surface area (Å²) in [6, 6.07) is 10.6. The van der Waals surface area contributed by atoms with Crippen molar-refractivity contribution in [3.63, 3.8) is 0 Å². The third-order valence-corrected chi connectivity index (χ3v) is 5.37. The molecular weight excluding hydrogens is 408 g/mol. The van der Waals surface area contributed by atoms with E-state index in [0.717, 1.165) is 24.5 Å². The van der Waals surface area contributed by atoms with Gasteiger partial charge in [-0.25, -0.2) is 9.78 Å². The standard InChI is InChI=1S/C23H30N6O3/c1-17-7-8-18(22(31)27(2)3)16-19(17)26-23(32)25-11-9-21(30)29-14-12-28(13-15-29)20-6-4-5-10-24-20/h4-8,10,16H,9,11-15H2,1-3H3,(H2,25,26,32). The average molecular weight is 439 g/mol. The van der Waals surface area contributed by atoms with Crippen molar-refractivity contribution in [2.45, 2.75) is 13.3 Å². The Morgan fingerprint density at radius 2 is 1.81 bits per heavy atom. The highest BCUT2D eigenvalue weighted by Gasteiger charge is 2.21. The smallest absolute Gasteiger partial charge is 0.319 e. The Hall–Kier alpha value is -3.62. The number of piperazine rings is 1. The highest BCUT2D eigenvalue weighted by Crippen LogP contribution is 2.18. The fourth-order valence-electron chi connectivity index (χ4n) is 3.48. The molecule has 0 radical (unpaired) electrons. The van der Waals surface area contributed by atoms with Crippen LogP contribution < -0.4 is 15.5 Å². The molecule has 0 bridgehead atoms. The maximum Gasteiger partial charge on any atom is 0.319 e. The first kappa shape index (κ1) is 23.1. The van der Waals surface area contributed by atoms with E-state index in [9.17, 15) is 14.4 Å². The van der Waals surface area contributed by atoms with Crippen LogP contribution in [0.15, 0.2) is 42.6 Å². The van der Waals surface area contributed by atoms with E-state index >= 15 is 0 Å². The molecule has 1 saturated heterocycles. The van der Waals surface area contributed by atoms with Crippen LogP contribution in [0.3, 0.4) is 0 Å². The van der Waals surface area contributed by atoms with Crippen LogP contribution in [0.25, 0.3) is 0 Å². The number of urea groups is 1. The van der Waals surface area contributed by atoms with Crippen LogP contribution in [0.1, 0.15) is 22.3 Å². The van der Waals surface area contributed by atoms with Gasteiger partial charge in [-0.3, -0.25) is 9.59 Å². The molecular formula is C23H30N6O3. The monoisotopic (exact) mass is 438 g/mol. The van der Waals surface area contributed by atoms with Crippen molar-refractivity contribution in [1.29, 1.82) is 0 Å². The molecule has 2 heterocycles. The molecule has 2 N–H and O–H groups in total. The van der Waals surface area contributed by atoms with E-state index in [0.29, 0.717) is 24.3 Å². The minimum absolute atomic E-state index is 0.0146. The molecule has 0 atom stereocenters. The number of hydrogen-bond donors (Lipinski definition) is 2. The van der Waals surface area contributed by atoms with Gasteiger partial charge in [-0.2, -0.15) is 0 Å². The zero-order chi connectivity index (χ0) is 23.1. The molecule has 1 aliphatic rings. The van der Waals surface area contributed by atoms with E-state index in [1.165, 1.54) is 4.90 Å². The summed E-state index contributed by atoms with van der Waals surface area (Å²) in [5.41, 5.74) is 1.90. The molecule has 1 aromatic carbocycles. The summed E-state index contributed by atoms with van der Waals surface area (Å²) in [6.07, 6.45) is 2.00. The number of hydrogen-bond acceptors (Lipinski definition) is 5. The summed E-state index contributed by atoms with van der Waals surface area (Å²) in [4.78, 5) is 46.7. The van der Waals surface area contributed by atoms with Crippen LogP contribution in [0.4, 0.5) is 16.3 Å². The number of aryl methyl sites for hydroxylation is 1. The first-order chi connectivity index (χ1) is 15.3. The minimum Gasteiger partial charge on any atom is -0.353 e. The van der Waals surface area contributed by atoms with E-state index in [4.69, 9.17) is 0 Å². The van der Waals surface area contributed by atoms with Gasteiger partial charge in [0.15, 0.2) is 0 Å². The van der Waals surface area contributed by atoms with Gasteiger partial charge in [0.2, 0.25) is 5.91 Å². The summed E-state index contributed by atoms with van der Waals surface area (Å²) in [5, 5.41) is 5.48. The van der Waals surface area contributed by atoms with Gasteiger partial charge >= 0.3 is 6.03 Å². The molecule has 2 aromatic rings. The first-order valence-corrected chi connectivity index (χ1v) is 10.7. The number of amides is 4. The lowest BCUT2D eigenvalue weighted by molar-refractivity contribution is -0.131. The molecule has 0 spiro atoms. The van der Waals surface area contributed by atoms with Gasteiger partial charge in [0, 0.05) is 70.7 Å². The second-order valence-electron chi connectivity index (χ2n) is 7.92. The quantitative estimate of drug-likeness (QED) is 0.719. The number of rotatable bonds is 6. The Bertz CT molecular complexity index is 955. The third-order valence-electron chi connectivity index (χ3n) is 5.37. The number of benzene rings is 1. The number of carbonyl (C=O) groups excluding carboxylic acids is 3. The highest BCUT2D eigenvalue weighted by molar-refractivity contribution is 5.97. The predicted octanol–water partition coefficient (Wildman–Crippen LogP) is 1.95. The number of carbonyl (C=O) groups is 3. The number of anilines is 2. The average Bonchev–Trinajstić information content (AvgIpc) is 2.80. The topological polar surface area (TPSA) is 97.9 Å². The second kappa shape index (κ2) is 10.6. The Labute approximate surface area is 188 Å². The zero-order valence-electron chi connectivity index (χ0n) is 18.8. The number of aromatic nitrogens is 1. The zero-order valence-corrected chi connectivity index (χ0v) is 18.8. The molecule has 9 nitrogen and oxygen atoms in total. The number of nitrogens with zero attached hydrogens (tertiary/aromatic N) is 4. The predicted molar refractivity (Wildman–Crippen MR) is 124 cm³/mol. The van der Waals surface area contributed by atoms with Crippen molar-refractivity contribution in [2.75, 3.05) is 57.0 Å². The SMILES string of the molecule is Cc1ccc(C(=O)N(C)C)cc1NC(=O)NCCC(=O)N1CCN(c2ccccn2)CC1. The van der Waals surface area contributed by atoms with E-state index in [2.05, 4.69) is 20.5 Å². The van der Waals surface area contributed by atoms with Crippen molar-refractivity contribution in [2.24, 2.45) is 0 Å². The van der Waals surface area contributed by atoms with E-state index < -0.39 is 6.03 Å². The maximum absolute atomic E-state index is 12.5. The van der Waals surface area contributed by atoms with Crippen LogP contribution in [-0.2, 0) is 4.79 Å². The Kier molecular flexibility index (Phi) is 7.64. The third kappa shape index (κ3) is 5.96. The van der Waals surface area contributed by atoms with Crippen LogP contribution in [-0.4, -0.2) is 79.4 Å². The highest BCUT2D eigenvalue weighted by atomic mass is 16.2. The molecule has 170 valence electrons. The number of pyridine rings is 1. The Morgan fingerprint density at radius 1 is 1.06 bits per heavy atom. The normalized spacial score (nSPS) is 13.5. The molecule has 3 rings (SSSR count). The first-order valence-electron chi connectivity index (χ1n) is 10.7. The molecule has 4 amide bonds. The molecule has 0 aliphatic carbocycles. The molecule has 1 aromatic heterocycles. The van der Waals surface area contributed by atoms with Gasteiger partial charge in [-0.1, -0.05) is 12.1 Å². The van der Waals surface area contributed by atoms with Crippen molar-refractivity contribution >= 4 is 29.4 Å². The van der Waals surface area contributed by atoms with Crippen molar-refractivity contribution in [1.82, 2.24) is 20.1 Å². The minimum atomic E-state index is -0.407. The summed E-state index contributed by atoms with van der Waals surface area (Å²) < 4.78 is 0. The molecule has 1 aliphatic heterocycles. The summed E-state index contributed by atoms with van der Waals surface area (Å²) in [6.45, 7) is 4.82. The van der Waals surface area contributed by atoms with Gasteiger partial charge in [-0.15, -0.1) is 0 Å². The maximum atomic E-state index is 12.5. The van der Waals surface area contributed by atoms with Crippen LogP contribution in [0.2, 0.25) is 0 Å². The largest absolute Gasteiger partial charge is 0.353 e. The fraction of sp³-hybridized carbons (Fsp3) is 0.391. The van der Waals surface area contributed by atoms with Crippen LogP contribution in [0, 0.1) is 6.92 Å². The molecule has 1 fully saturated rings. The van der Waals surface area contributed by atoms with Gasteiger partial charge in [-0.05, 0) is 36.8 Å². The van der Waals surface area contributed by atoms with Crippen molar-refractivity contribution in [3.05, 3.63) is 53.7 Å². The second-order valence-corrected chi connectivity index (χ2v) is 7.92. The lowest BCUT2D eigenvalue weighted by Crippen LogP contribution is -2.49. The van der Waals surface area contributed by atoms with E-state index in [1.807, 2.05) is 30.0 Å². The fourth-order valence-corrected chi connectivity index (χ4v) is 3.48. The molecule has 32 heavy (non-hydrogen) atoms. The van der Waals surface area contributed by atoms with Gasteiger partial charge in [0.1, 0.15) is 5.82 Å². The van der Waals surface area contributed by atoms with Crippen molar-refractivity contribution < 1.29 is 14.4 Å². The van der Waals surface area contributed by atoms with Gasteiger partial charge in [0.25, 0.3) is 5.91 Å². The lowest BCUT2D eigenvalue weighted by Gasteiger charge is -2.35. The van der Waals surface area contributed by atoms with Crippen LogP contribution in [0.5, 0.6) is 0 Å². The summed E-state index contributed by atoms with van der Waals surface area (Å²) >= 11 is 0. The summed E-state index contributed by atoms with van der Waals surface area (Å²) in [7, 11) is 3.36.